The normalized spacial score (nSPS) is 13.8. The highest BCUT2D eigenvalue weighted by atomic mass is 35.5. The number of anilines is 1. The zero-order valence-corrected chi connectivity index (χ0v) is 17.1. The number of piperidine rings is 1. The zero-order valence-electron chi connectivity index (χ0n) is 16.3. The number of pyridine rings is 1. The first-order valence-electron chi connectivity index (χ1n) is 9.69. The number of amides is 2. The van der Waals surface area contributed by atoms with Crippen molar-refractivity contribution in [3.63, 3.8) is 0 Å². The van der Waals surface area contributed by atoms with Crippen LogP contribution in [0.15, 0.2) is 30.5 Å². The number of aryl methyl sites for hydroxylation is 1. The van der Waals surface area contributed by atoms with Gasteiger partial charge >= 0.3 is 0 Å². The number of benzene rings is 1. The van der Waals surface area contributed by atoms with Crippen molar-refractivity contribution in [3.8, 4) is 0 Å². The van der Waals surface area contributed by atoms with Gasteiger partial charge in [0.15, 0.2) is 0 Å². The first kappa shape index (κ1) is 21.0. The molecule has 1 fully saturated rings. The van der Waals surface area contributed by atoms with Crippen molar-refractivity contribution < 1.29 is 14.0 Å². The van der Waals surface area contributed by atoms with E-state index in [4.69, 9.17) is 11.6 Å². The van der Waals surface area contributed by atoms with Gasteiger partial charge in [0.2, 0.25) is 0 Å². The monoisotopic (exact) mass is 418 g/mol. The Labute approximate surface area is 174 Å². The van der Waals surface area contributed by atoms with Gasteiger partial charge in [0.1, 0.15) is 11.6 Å². The fraction of sp³-hybridized carbons (Fsp3) is 0.381. The summed E-state index contributed by atoms with van der Waals surface area (Å²) in [7, 11) is 0. The van der Waals surface area contributed by atoms with Crippen molar-refractivity contribution in [2.75, 3.05) is 31.5 Å². The molecule has 29 heavy (non-hydrogen) atoms. The van der Waals surface area contributed by atoms with Gasteiger partial charge in [-0.15, -0.1) is 0 Å². The highest BCUT2D eigenvalue weighted by Gasteiger charge is 2.19. The minimum Gasteiger partial charge on any atom is -0.367 e. The van der Waals surface area contributed by atoms with Crippen LogP contribution in [0.4, 0.5) is 10.2 Å². The Morgan fingerprint density at radius 3 is 2.59 bits per heavy atom. The topological polar surface area (TPSA) is 74.3 Å². The van der Waals surface area contributed by atoms with Crippen molar-refractivity contribution >= 4 is 29.2 Å². The molecule has 0 saturated carbocycles. The molecule has 8 heteroatoms. The summed E-state index contributed by atoms with van der Waals surface area (Å²) in [6, 6.07) is 5.98. The number of nitrogens with one attached hydrogen (secondary N) is 2. The van der Waals surface area contributed by atoms with Crippen LogP contribution < -0.4 is 10.6 Å². The number of halogens is 2. The van der Waals surface area contributed by atoms with Crippen molar-refractivity contribution in [1.29, 1.82) is 0 Å². The third-order valence-corrected chi connectivity index (χ3v) is 5.16. The highest BCUT2D eigenvalue weighted by Crippen LogP contribution is 2.21. The second kappa shape index (κ2) is 9.69. The van der Waals surface area contributed by atoms with Gasteiger partial charge in [-0.25, -0.2) is 9.37 Å². The summed E-state index contributed by atoms with van der Waals surface area (Å²) >= 11 is 6.26. The lowest BCUT2D eigenvalue weighted by Gasteiger charge is -2.26. The van der Waals surface area contributed by atoms with Gasteiger partial charge in [0, 0.05) is 37.9 Å². The van der Waals surface area contributed by atoms with E-state index in [0.717, 1.165) is 32.4 Å². The lowest BCUT2D eigenvalue weighted by molar-refractivity contribution is 0.0723. The number of hydrogen-bond donors (Lipinski definition) is 2. The average molecular weight is 419 g/mol. The second-order valence-corrected chi connectivity index (χ2v) is 7.46. The first-order valence-corrected chi connectivity index (χ1v) is 10.1. The fourth-order valence-electron chi connectivity index (χ4n) is 3.16. The molecule has 1 aliphatic heterocycles. The number of carbonyl (C=O) groups is 2. The molecule has 1 aromatic carbocycles. The molecule has 0 spiro atoms. The molecule has 1 saturated heterocycles. The molecule has 154 valence electrons. The lowest BCUT2D eigenvalue weighted by Crippen LogP contribution is -2.35. The zero-order chi connectivity index (χ0) is 20.8. The molecule has 1 aromatic heterocycles. The summed E-state index contributed by atoms with van der Waals surface area (Å²) < 4.78 is 13.6. The summed E-state index contributed by atoms with van der Waals surface area (Å²) in [5.41, 5.74) is 1.23. The number of aromatic nitrogens is 1. The van der Waals surface area contributed by atoms with Crippen LogP contribution in [0, 0.1) is 12.7 Å². The number of nitrogens with zero attached hydrogens (tertiary/aromatic N) is 2. The molecule has 1 aliphatic rings. The smallest absolute Gasteiger partial charge is 0.255 e. The van der Waals surface area contributed by atoms with E-state index < -0.39 is 5.82 Å². The Morgan fingerprint density at radius 1 is 1.14 bits per heavy atom. The quantitative estimate of drug-likeness (QED) is 0.702. The van der Waals surface area contributed by atoms with Crippen LogP contribution in [0.3, 0.4) is 0 Å². The predicted molar refractivity (Wildman–Crippen MR) is 111 cm³/mol. The molecule has 2 amide bonds. The molecular weight excluding hydrogens is 395 g/mol. The van der Waals surface area contributed by atoms with E-state index in [1.165, 1.54) is 12.3 Å². The predicted octanol–water partition coefficient (Wildman–Crippen LogP) is 3.65. The lowest BCUT2D eigenvalue weighted by atomic mass is 10.1. The number of likely N-dealkylation sites (tertiary alicyclic amines) is 1. The molecule has 6 nitrogen and oxygen atoms in total. The molecule has 2 heterocycles. The van der Waals surface area contributed by atoms with E-state index in [9.17, 15) is 14.0 Å². The van der Waals surface area contributed by atoms with E-state index in [-0.39, 0.29) is 17.4 Å². The maximum Gasteiger partial charge on any atom is 0.255 e. The third-order valence-electron chi connectivity index (χ3n) is 4.87. The number of rotatable bonds is 6. The molecule has 0 unspecified atom stereocenters. The van der Waals surface area contributed by atoms with Gasteiger partial charge < -0.3 is 15.5 Å². The third kappa shape index (κ3) is 5.44. The maximum absolute atomic E-state index is 13.6. The molecule has 3 rings (SSSR count). The fourth-order valence-corrected chi connectivity index (χ4v) is 3.39. The minimum absolute atomic E-state index is 0.0526. The Morgan fingerprint density at radius 2 is 1.90 bits per heavy atom. The van der Waals surface area contributed by atoms with Crippen LogP contribution in [0.25, 0.3) is 0 Å². The largest absolute Gasteiger partial charge is 0.367 e. The van der Waals surface area contributed by atoms with Gasteiger partial charge in [-0.3, -0.25) is 9.59 Å². The van der Waals surface area contributed by atoms with Crippen LogP contribution in [-0.2, 0) is 0 Å². The van der Waals surface area contributed by atoms with E-state index >= 15 is 0 Å². The second-order valence-electron chi connectivity index (χ2n) is 7.05. The van der Waals surface area contributed by atoms with Gasteiger partial charge in [0.25, 0.3) is 11.8 Å². The van der Waals surface area contributed by atoms with Gasteiger partial charge in [-0.05, 0) is 49.9 Å². The van der Waals surface area contributed by atoms with Gasteiger partial charge in [-0.2, -0.15) is 0 Å². The Kier molecular flexibility index (Phi) is 7.04. The molecule has 2 aromatic rings. The van der Waals surface area contributed by atoms with E-state index in [0.29, 0.717) is 35.1 Å². The van der Waals surface area contributed by atoms with Crippen LogP contribution >= 0.6 is 11.6 Å². The van der Waals surface area contributed by atoms with Crippen LogP contribution in [0.5, 0.6) is 0 Å². The molecule has 0 bridgehead atoms. The standard InChI is InChI=1S/C21H24ClFN4O2/c1-14-5-6-15(12-18(14)23)20(28)25-8-7-24-19-17(22)11-16(13-26-19)21(29)27-9-3-2-4-10-27/h5-6,11-13H,2-4,7-10H2,1H3,(H,24,26)(H,25,28). The first-order chi connectivity index (χ1) is 14.0. The van der Waals surface area contributed by atoms with E-state index in [1.807, 2.05) is 4.90 Å². The van der Waals surface area contributed by atoms with Crippen molar-refractivity contribution in [2.24, 2.45) is 0 Å². The maximum atomic E-state index is 13.6. The summed E-state index contributed by atoms with van der Waals surface area (Å²) in [5, 5.41) is 6.08. The molecule has 0 radical (unpaired) electrons. The Balaban J connectivity index is 1.49. The number of carbonyl (C=O) groups excluding carboxylic acids is 2. The summed E-state index contributed by atoms with van der Waals surface area (Å²) in [5.74, 6) is -0.376. The van der Waals surface area contributed by atoms with Crippen LogP contribution in [0.2, 0.25) is 5.02 Å². The van der Waals surface area contributed by atoms with E-state index in [1.54, 1.807) is 25.1 Å². The summed E-state index contributed by atoms with van der Waals surface area (Å²) in [6.07, 6.45) is 4.71. The average Bonchev–Trinajstić information content (AvgIpc) is 2.74. The summed E-state index contributed by atoms with van der Waals surface area (Å²) in [6.45, 7) is 3.86. The van der Waals surface area contributed by atoms with E-state index in [2.05, 4.69) is 15.6 Å². The SMILES string of the molecule is Cc1ccc(C(=O)NCCNc2ncc(C(=O)N3CCCCC3)cc2Cl)cc1F. The van der Waals surface area contributed by atoms with Crippen molar-refractivity contribution in [3.05, 3.63) is 58.0 Å². The molecular formula is C21H24ClFN4O2. The Hall–Kier alpha value is -2.67. The molecule has 2 N–H and O–H groups in total. The number of hydrogen-bond acceptors (Lipinski definition) is 4. The van der Waals surface area contributed by atoms with Gasteiger partial charge in [-0.1, -0.05) is 17.7 Å². The molecule has 0 atom stereocenters. The Bertz CT molecular complexity index is 900. The summed E-state index contributed by atoms with van der Waals surface area (Å²) in [4.78, 5) is 30.6. The van der Waals surface area contributed by atoms with Crippen molar-refractivity contribution in [2.45, 2.75) is 26.2 Å². The van der Waals surface area contributed by atoms with Crippen LogP contribution in [-0.4, -0.2) is 47.9 Å². The highest BCUT2D eigenvalue weighted by molar-refractivity contribution is 6.33. The van der Waals surface area contributed by atoms with Gasteiger partial charge in [0.05, 0.1) is 10.6 Å². The van der Waals surface area contributed by atoms with Crippen molar-refractivity contribution in [1.82, 2.24) is 15.2 Å². The minimum atomic E-state index is -0.411. The van der Waals surface area contributed by atoms with Crippen LogP contribution in [0.1, 0.15) is 45.5 Å². The molecule has 0 aliphatic carbocycles.